The van der Waals surface area contributed by atoms with E-state index in [1.807, 2.05) is 37.3 Å². The molecular weight excluding hydrogens is 533 g/mol. The second-order valence-electron chi connectivity index (χ2n) is 7.34. The first-order chi connectivity index (χ1) is 16.2. The van der Waals surface area contributed by atoms with Crippen LogP contribution in [0.25, 0.3) is 22.1 Å². The van der Waals surface area contributed by atoms with Gasteiger partial charge in [0.15, 0.2) is 17.3 Å². The van der Waals surface area contributed by atoms with Crippen LogP contribution in [0.2, 0.25) is 0 Å². The number of hydrogen-bond donors (Lipinski definition) is 3. The first kappa shape index (κ1) is 21.2. The van der Waals surface area contributed by atoms with Crippen molar-refractivity contribution in [1.82, 2.24) is 34.6 Å². The Hall–Kier alpha value is -3.61. The Morgan fingerprint density at radius 2 is 2.09 bits per heavy atom. The summed E-state index contributed by atoms with van der Waals surface area (Å²) in [5.41, 5.74) is 6.56. The number of fused-ring (bicyclic) bond motifs is 2. The number of pyridine rings is 1. The first-order valence-electron chi connectivity index (χ1n) is 10.4. The molecule has 1 atom stereocenters. The Morgan fingerprint density at radius 1 is 1.18 bits per heavy atom. The summed E-state index contributed by atoms with van der Waals surface area (Å²) < 4.78 is 2.20. The number of benzene rings is 1. The van der Waals surface area contributed by atoms with E-state index in [1.165, 1.54) is 11.0 Å². The van der Waals surface area contributed by atoms with Crippen molar-refractivity contribution in [3.8, 4) is 0 Å². The molecular formula is C22H20IN9O. The molecule has 3 N–H and O–H groups in total. The van der Waals surface area contributed by atoms with Gasteiger partial charge in [-0.2, -0.15) is 0 Å². The van der Waals surface area contributed by atoms with Crippen molar-refractivity contribution in [2.45, 2.75) is 23.8 Å². The van der Waals surface area contributed by atoms with E-state index in [4.69, 9.17) is 4.98 Å². The predicted molar refractivity (Wildman–Crippen MR) is 135 cm³/mol. The molecule has 0 fully saturated rings. The molecule has 0 aliphatic carbocycles. The van der Waals surface area contributed by atoms with Crippen LogP contribution >= 0.6 is 22.6 Å². The second kappa shape index (κ2) is 9.10. The van der Waals surface area contributed by atoms with Gasteiger partial charge in [-0.25, -0.2) is 24.6 Å². The Morgan fingerprint density at radius 3 is 2.88 bits per heavy atom. The van der Waals surface area contributed by atoms with Crippen molar-refractivity contribution < 1.29 is 0 Å². The number of nitrogens with one attached hydrogen (secondary N) is 3. The normalized spacial score (nSPS) is 12.2. The minimum atomic E-state index is -0.329. The molecule has 11 heteroatoms. The number of imidazole rings is 1. The third-order valence-corrected chi connectivity index (χ3v) is 6.13. The van der Waals surface area contributed by atoms with E-state index in [0.717, 1.165) is 5.56 Å². The SMILES string of the molecule is CC[C@H](Nc1ncnc2[nH]cnc12)c1nc2cccc(CI)c2c(=O)n1Nc1cccnc1. The molecule has 4 aromatic heterocycles. The number of aromatic nitrogens is 7. The van der Waals surface area contributed by atoms with Gasteiger partial charge in [-0.05, 0) is 30.2 Å². The van der Waals surface area contributed by atoms with E-state index in [2.05, 4.69) is 58.3 Å². The van der Waals surface area contributed by atoms with E-state index in [9.17, 15) is 4.79 Å². The van der Waals surface area contributed by atoms with E-state index < -0.39 is 0 Å². The summed E-state index contributed by atoms with van der Waals surface area (Å²) in [5.74, 6) is 1.10. The predicted octanol–water partition coefficient (Wildman–Crippen LogP) is 3.83. The summed E-state index contributed by atoms with van der Waals surface area (Å²) >= 11 is 2.26. The topological polar surface area (TPSA) is 126 Å². The van der Waals surface area contributed by atoms with Crippen LogP contribution in [0, 0.1) is 0 Å². The maximum absolute atomic E-state index is 13.7. The first-order valence-corrected chi connectivity index (χ1v) is 11.9. The molecule has 1 aromatic carbocycles. The lowest BCUT2D eigenvalue weighted by Gasteiger charge is -2.23. The van der Waals surface area contributed by atoms with Gasteiger partial charge in [0.1, 0.15) is 11.8 Å². The summed E-state index contributed by atoms with van der Waals surface area (Å²) in [6.07, 6.45) is 7.04. The van der Waals surface area contributed by atoms with Crippen molar-refractivity contribution in [3.05, 3.63) is 77.1 Å². The molecule has 0 aliphatic rings. The molecule has 0 amide bonds. The molecule has 4 heterocycles. The van der Waals surface area contributed by atoms with Crippen LogP contribution in [0.1, 0.15) is 30.8 Å². The maximum atomic E-state index is 13.7. The smallest absolute Gasteiger partial charge is 0.280 e. The molecule has 10 nitrogen and oxygen atoms in total. The number of halogens is 1. The van der Waals surface area contributed by atoms with Gasteiger partial charge in [0.25, 0.3) is 5.56 Å². The van der Waals surface area contributed by atoms with E-state index in [0.29, 0.717) is 50.2 Å². The zero-order valence-corrected chi connectivity index (χ0v) is 19.8. The number of rotatable bonds is 7. The second-order valence-corrected chi connectivity index (χ2v) is 8.10. The minimum absolute atomic E-state index is 0.168. The van der Waals surface area contributed by atoms with E-state index in [1.54, 1.807) is 18.7 Å². The Bertz CT molecular complexity index is 1480. The van der Waals surface area contributed by atoms with Gasteiger partial charge in [-0.1, -0.05) is 41.6 Å². The third-order valence-electron chi connectivity index (χ3n) is 5.30. The number of nitrogens with zero attached hydrogens (tertiary/aromatic N) is 6. The van der Waals surface area contributed by atoms with Crippen LogP contribution in [0.4, 0.5) is 11.5 Å². The molecule has 0 unspecified atom stereocenters. The largest absolute Gasteiger partial charge is 0.358 e. The zero-order chi connectivity index (χ0) is 22.8. The summed E-state index contributed by atoms with van der Waals surface area (Å²) in [4.78, 5) is 38.7. The lowest BCUT2D eigenvalue weighted by molar-refractivity contribution is 0.640. The highest BCUT2D eigenvalue weighted by atomic mass is 127. The number of H-pyrrole nitrogens is 1. The molecule has 0 aliphatic heterocycles. The van der Waals surface area contributed by atoms with Gasteiger partial charge in [-0.15, -0.1) is 0 Å². The fraction of sp³-hybridized carbons (Fsp3) is 0.182. The molecule has 33 heavy (non-hydrogen) atoms. The Labute approximate surface area is 202 Å². The van der Waals surface area contributed by atoms with Gasteiger partial charge in [0.05, 0.1) is 35.2 Å². The average molecular weight is 553 g/mol. The zero-order valence-electron chi connectivity index (χ0n) is 17.7. The van der Waals surface area contributed by atoms with Gasteiger partial charge >= 0.3 is 0 Å². The van der Waals surface area contributed by atoms with Crippen molar-refractivity contribution in [1.29, 1.82) is 0 Å². The third kappa shape index (κ3) is 3.99. The van der Waals surface area contributed by atoms with Gasteiger partial charge in [0, 0.05) is 10.6 Å². The highest BCUT2D eigenvalue weighted by Gasteiger charge is 2.22. The minimum Gasteiger partial charge on any atom is -0.358 e. The van der Waals surface area contributed by atoms with Crippen LogP contribution in [0.3, 0.4) is 0 Å². The standard InChI is InChI=1S/C22H20IN9O/c1-2-15(29-20-18-19(26-11-25-18)27-12-28-20)21-30-16-7-3-5-13(9-23)17(16)22(33)32(21)31-14-6-4-8-24-10-14/h3-8,10-12,15,31H,2,9H2,1H3,(H2,25,26,27,28,29)/t15-/m0/s1. The van der Waals surface area contributed by atoms with Crippen molar-refractivity contribution >= 4 is 56.2 Å². The average Bonchev–Trinajstić information content (AvgIpc) is 3.34. The highest BCUT2D eigenvalue weighted by molar-refractivity contribution is 14.1. The molecule has 166 valence electrons. The Kier molecular flexibility index (Phi) is 5.86. The van der Waals surface area contributed by atoms with E-state index >= 15 is 0 Å². The molecule has 5 aromatic rings. The van der Waals surface area contributed by atoms with Crippen molar-refractivity contribution in [2.75, 3.05) is 10.7 Å². The quantitative estimate of drug-likeness (QED) is 0.205. The van der Waals surface area contributed by atoms with E-state index in [-0.39, 0.29) is 11.6 Å². The number of hydrogen-bond acceptors (Lipinski definition) is 8. The van der Waals surface area contributed by atoms with Crippen LogP contribution in [-0.2, 0) is 4.43 Å². The van der Waals surface area contributed by atoms with Crippen molar-refractivity contribution in [2.24, 2.45) is 0 Å². The number of anilines is 2. The van der Waals surface area contributed by atoms with Crippen LogP contribution < -0.4 is 16.3 Å². The highest BCUT2D eigenvalue weighted by Crippen LogP contribution is 2.25. The van der Waals surface area contributed by atoms with Crippen molar-refractivity contribution in [3.63, 3.8) is 0 Å². The lowest BCUT2D eigenvalue weighted by Crippen LogP contribution is -2.34. The summed E-state index contributed by atoms with van der Waals surface area (Å²) in [6.45, 7) is 2.02. The molecule has 0 bridgehead atoms. The molecule has 0 saturated carbocycles. The molecule has 0 spiro atoms. The van der Waals surface area contributed by atoms with Gasteiger partial charge < -0.3 is 10.3 Å². The number of alkyl halides is 1. The van der Waals surface area contributed by atoms with Gasteiger partial charge in [0.2, 0.25) is 0 Å². The van der Waals surface area contributed by atoms with Crippen LogP contribution in [0.15, 0.2) is 60.2 Å². The lowest BCUT2D eigenvalue weighted by atomic mass is 10.1. The molecule has 0 saturated heterocycles. The van der Waals surface area contributed by atoms with Gasteiger partial charge in [-0.3, -0.25) is 15.2 Å². The summed E-state index contributed by atoms with van der Waals surface area (Å²) in [6, 6.07) is 9.08. The monoisotopic (exact) mass is 553 g/mol. The van der Waals surface area contributed by atoms with Crippen LogP contribution in [0.5, 0.6) is 0 Å². The fourth-order valence-electron chi connectivity index (χ4n) is 3.71. The molecule has 0 radical (unpaired) electrons. The fourth-order valence-corrected chi connectivity index (χ4v) is 4.35. The summed E-state index contributed by atoms with van der Waals surface area (Å²) in [7, 11) is 0. The molecule has 5 rings (SSSR count). The Balaban J connectivity index is 1.68. The number of aromatic amines is 1. The summed E-state index contributed by atoms with van der Waals surface area (Å²) in [5, 5.41) is 4.00. The van der Waals surface area contributed by atoms with Crippen LogP contribution in [-0.4, -0.2) is 34.6 Å². The maximum Gasteiger partial charge on any atom is 0.280 e.